The van der Waals surface area contributed by atoms with Crippen molar-refractivity contribution in [2.24, 2.45) is 0 Å². The third-order valence-electron chi connectivity index (χ3n) is 4.34. The molecule has 1 atom stereocenters. The highest BCUT2D eigenvalue weighted by Crippen LogP contribution is 2.23. The molecule has 8 heteroatoms. The van der Waals surface area contributed by atoms with Crippen LogP contribution in [0.5, 0.6) is 0 Å². The normalized spacial score (nSPS) is 15.6. The smallest absolute Gasteiger partial charge is 0.326 e. The molecule has 8 nitrogen and oxygen atoms in total. The second-order valence-corrected chi connectivity index (χ2v) is 6.01. The van der Waals surface area contributed by atoms with Crippen LogP contribution < -0.4 is 10.9 Å². The SMILES string of the molecule is O=C(O)[C@@H]1CCc2ncc(NCc3cnc(-c4ccccc4)o3)c(=O)n21. The summed E-state index contributed by atoms with van der Waals surface area (Å²) in [6.45, 7) is 0.244. The molecule has 0 saturated carbocycles. The topological polar surface area (TPSA) is 110 Å². The minimum atomic E-state index is -1.02. The van der Waals surface area contributed by atoms with Crippen LogP contribution in [0, 0.1) is 0 Å². The lowest BCUT2D eigenvalue weighted by molar-refractivity contribution is -0.140. The first-order chi connectivity index (χ1) is 12.6. The van der Waals surface area contributed by atoms with Gasteiger partial charge >= 0.3 is 5.97 Å². The second-order valence-electron chi connectivity index (χ2n) is 6.01. The van der Waals surface area contributed by atoms with Crippen molar-refractivity contribution in [2.45, 2.75) is 25.4 Å². The molecule has 3 aromatic rings. The number of benzene rings is 1. The zero-order valence-corrected chi connectivity index (χ0v) is 13.8. The van der Waals surface area contributed by atoms with Gasteiger partial charge in [0.25, 0.3) is 5.56 Å². The number of hydrogen-bond acceptors (Lipinski definition) is 6. The summed E-state index contributed by atoms with van der Waals surface area (Å²) in [5.74, 6) is 0.534. The van der Waals surface area contributed by atoms with Gasteiger partial charge in [0.1, 0.15) is 23.3 Å². The maximum atomic E-state index is 12.6. The largest absolute Gasteiger partial charge is 0.480 e. The zero-order chi connectivity index (χ0) is 18.1. The fourth-order valence-corrected chi connectivity index (χ4v) is 3.05. The molecule has 0 fully saturated rings. The summed E-state index contributed by atoms with van der Waals surface area (Å²) in [7, 11) is 0. The fraction of sp³-hybridized carbons (Fsp3) is 0.222. The van der Waals surface area contributed by atoms with E-state index in [1.165, 1.54) is 10.8 Å². The van der Waals surface area contributed by atoms with Gasteiger partial charge in [0.05, 0.1) is 18.9 Å². The Morgan fingerprint density at radius 2 is 2.08 bits per heavy atom. The van der Waals surface area contributed by atoms with Gasteiger partial charge in [-0.05, 0) is 18.6 Å². The summed E-state index contributed by atoms with van der Waals surface area (Å²) < 4.78 is 6.94. The first-order valence-electron chi connectivity index (χ1n) is 8.20. The number of carboxylic acids is 1. The van der Waals surface area contributed by atoms with Crippen LogP contribution in [0.3, 0.4) is 0 Å². The van der Waals surface area contributed by atoms with Crippen molar-refractivity contribution in [3.05, 3.63) is 64.7 Å². The summed E-state index contributed by atoms with van der Waals surface area (Å²) in [5, 5.41) is 12.2. The Morgan fingerprint density at radius 3 is 2.85 bits per heavy atom. The molecule has 2 aromatic heterocycles. The molecule has 0 spiro atoms. The Hall–Kier alpha value is -3.42. The van der Waals surface area contributed by atoms with Crippen LogP contribution in [0.25, 0.3) is 11.5 Å². The lowest BCUT2D eigenvalue weighted by atomic mass is 10.2. The number of rotatable bonds is 5. The molecule has 1 aromatic carbocycles. The van der Waals surface area contributed by atoms with Crippen LogP contribution in [0.15, 0.2) is 51.9 Å². The van der Waals surface area contributed by atoms with Gasteiger partial charge in [-0.25, -0.2) is 14.8 Å². The van der Waals surface area contributed by atoms with Crippen LogP contribution in [-0.2, 0) is 17.8 Å². The molecular formula is C18H16N4O4. The predicted molar refractivity (Wildman–Crippen MR) is 92.8 cm³/mol. The standard InChI is InChI=1S/C18H16N4O4/c23-17-13(10-20-15-7-6-14(18(24)25)22(15)17)19-8-12-9-21-16(26-12)11-4-2-1-3-5-11/h1-5,9-10,14,19H,6-8H2,(H,24,25)/t14-/m0/s1. The van der Waals surface area contributed by atoms with Gasteiger partial charge in [0, 0.05) is 12.0 Å². The lowest BCUT2D eigenvalue weighted by Gasteiger charge is -2.11. The highest BCUT2D eigenvalue weighted by atomic mass is 16.4. The number of aliphatic carboxylic acids is 1. The Labute approximate surface area is 148 Å². The molecular weight excluding hydrogens is 336 g/mol. The number of carbonyl (C=O) groups is 1. The van der Waals surface area contributed by atoms with Crippen molar-refractivity contribution < 1.29 is 14.3 Å². The van der Waals surface area contributed by atoms with Gasteiger partial charge in [-0.2, -0.15) is 0 Å². The van der Waals surface area contributed by atoms with Gasteiger partial charge in [-0.15, -0.1) is 0 Å². The maximum Gasteiger partial charge on any atom is 0.326 e. The number of hydrogen-bond donors (Lipinski definition) is 2. The number of nitrogens with one attached hydrogen (secondary N) is 1. The molecule has 1 aliphatic heterocycles. The van der Waals surface area contributed by atoms with E-state index in [1.807, 2.05) is 30.3 Å². The number of aryl methyl sites for hydroxylation is 1. The number of carboxylic acid groups (broad SMARTS) is 1. The molecule has 0 amide bonds. The fourth-order valence-electron chi connectivity index (χ4n) is 3.05. The Bertz CT molecular complexity index is 1010. The average Bonchev–Trinajstić information content (AvgIpc) is 3.29. The van der Waals surface area contributed by atoms with Crippen molar-refractivity contribution in [3.63, 3.8) is 0 Å². The van der Waals surface area contributed by atoms with Crippen molar-refractivity contribution in [2.75, 3.05) is 5.32 Å². The Morgan fingerprint density at radius 1 is 1.27 bits per heavy atom. The van der Waals surface area contributed by atoms with E-state index >= 15 is 0 Å². The second kappa shape index (κ2) is 6.47. The number of fused-ring (bicyclic) bond motifs is 1. The lowest BCUT2D eigenvalue weighted by Crippen LogP contribution is -2.30. The van der Waals surface area contributed by atoms with E-state index in [0.29, 0.717) is 30.3 Å². The van der Waals surface area contributed by atoms with E-state index in [0.717, 1.165) is 5.56 Å². The number of anilines is 1. The third-order valence-corrected chi connectivity index (χ3v) is 4.34. The van der Waals surface area contributed by atoms with Crippen LogP contribution in [0.2, 0.25) is 0 Å². The van der Waals surface area contributed by atoms with E-state index in [-0.39, 0.29) is 17.8 Å². The minimum Gasteiger partial charge on any atom is -0.480 e. The molecule has 0 bridgehead atoms. The van der Waals surface area contributed by atoms with Crippen LogP contribution >= 0.6 is 0 Å². The molecule has 0 radical (unpaired) electrons. The van der Waals surface area contributed by atoms with E-state index in [1.54, 1.807) is 6.20 Å². The molecule has 0 aliphatic carbocycles. The molecule has 4 rings (SSSR count). The van der Waals surface area contributed by atoms with E-state index in [4.69, 9.17) is 4.42 Å². The van der Waals surface area contributed by atoms with Gasteiger partial charge in [0.15, 0.2) is 0 Å². The first-order valence-corrected chi connectivity index (χ1v) is 8.20. The molecule has 26 heavy (non-hydrogen) atoms. The van der Waals surface area contributed by atoms with E-state index in [2.05, 4.69) is 15.3 Å². The molecule has 132 valence electrons. The molecule has 3 heterocycles. The molecule has 0 unspecified atom stereocenters. The summed E-state index contributed by atoms with van der Waals surface area (Å²) in [4.78, 5) is 32.3. The average molecular weight is 352 g/mol. The van der Waals surface area contributed by atoms with Crippen molar-refractivity contribution in [1.29, 1.82) is 0 Å². The molecule has 2 N–H and O–H groups in total. The minimum absolute atomic E-state index is 0.236. The number of oxazole rings is 1. The van der Waals surface area contributed by atoms with Gasteiger partial charge in [-0.3, -0.25) is 9.36 Å². The zero-order valence-electron chi connectivity index (χ0n) is 13.8. The first kappa shape index (κ1) is 16.1. The molecule has 0 saturated heterocycles. The molecule has 1 aliphatic rings. The quantitative estimate of drug-likeness (QED) is 0.723. The van der Waals surface area contributed by atoms with Gasteiger partial charge in [0.2, 0.25) is 5.89 Å². The van der Waals surface area contributed by atoms with Crippen molar-refractivity contribution in [1.82, 2.24) is 14.5 Å². The number of aromatic nitrogens is 3. The maximum absolute atomic E-state index is 12.6. The number of nitrogens with zero attached hydrogens (tertiary/aromatic N) is 3. The summed E-state index contributed by atoms with van der Waals surface area (Å²) in [5.41, 5.74) is 0.713. The Kier molecular flexibility index (Phi) is 4.00. The summed E-state index contributed by atoms with van der Waals surface area (Å²) in [6, 6.07) is 8.63. The highest BCUT2D eigenvalue weighted by molar-refractivity contribution is 5.72. The van der Waals surface area contributed by atoms with Crippen LogP contribution in [0.1, 0.15) is 24.0 Å². The predicted octanol–water partition coefficient (Wildman–Crippen LogP) is 2.08. The van der Waals surface area contributed by atoms with Gasteiger partial charge in [-0.1, -0.05) is 18.2 Å². The summed E-state index contributed by atoms with van der Waals surface area (Å²) >= 11 is 0. The van der Waals surface area contributed by atoms with Crippen LogP contribution in [-0.4, -0.2) is 25.6 Å². The van der Waals surface area contributed by atoms with E-state index < -0.39 is 12.0 Å². The highest BCUT2D eigenvalue weighted by Gasteiger charge is 2.30. The van der Waals surface area contributed by atoms with E-state index in [9.17, 15) is 14.7 Å². The monoisotopic (exact) mass is 352 g/mol. The Balaban J connectivity index is 1.53. The third kappa shape index (κ3) is 2.85. The van der Waals surface area contributed by atoms with Crippen LogP contribution in [0.4, 0.5) is 5.69 Å². The van der Waals surface area contributed by atoms with Crippen molar-refractivity contribution in [3.8, 4) is 11.5 Å². The summed E-state index contributed by atoms with van der Waals surface area (Å²) in [6.07, 6.45) is 3.89. The van der Waals surface area contributed by atoms with Gasteiger partial charge < -0.3 is 14.8 Å². The van der Waals surface area contributed by atoms with Crippen molar-refractivity contribution >= 4 is 11.7 Å².